The van der Waals surface area contributed by atoms with Gasteiger partial charge in [-0.05, 0) is 61.1 Å². The third-order valence-electron chi connectivity index (χ3n) is 6.36. The highest BCUT2D eigenvalue weighted by molar-refractivity contribution is 6.03. The molecule has 0 radical (unpaired) electrons. The van der Waals surface area contributed by atoms with Gasteiger partial charge in [0, 0.05) is 30.9 Å². The minimum atomic E-state index is -1.09. The van der Waals surface area contributed by atoms with Crippen molar-refractivity contribution in [3.05, 3.63) is 62.7 Å². The van der Waals surface area contributed by atoms with Gasteiger partial charge in [-0.1, -0.05) is 36.3 Å². The van der Waals surface area contributed by atoms with E-state index in [1.165, 1.54) is 19.9 Å². The number of oxime groups is 2. The Morgan fingerprint density at radius 1 is 0.971 bits per heavy atom. The van der Waals surface area contributed by atoms with Crippen LogP contribution in [0.1, 0.15) is 76.6 Å². The van der Waals surface area contributed by atoms with Crippen molar-refractivity contribution < 1.29 is 24.8 Å². The quantitative estimate of drug-likeness (QED) is 0.234. The van der Waals surface area contributed by atoms with Gasteiger partial charge in [0.25, 0.3) is 5.69 Å². The molecule has 182 valence electrons. The van der Waals surface area contributed by atoms with E-state index in [2.05, 4.69) is 24.2 Å². The van der Waals surface area contributed by atoms with Crippen LogP contribution in [-0.2, 0) is 15.1 Å². The largest absolute Gasteiger partial charge is 0.364 e. The molecular weight excluding hydrogens is 438 g/mol. The van der Waals surface area contributed by atoms with Gasteiger partial charge in [-0.15, -0.1) is 0 Å². The second kappa shape index (κ2) is 9.90. The van der Waals surface area contributed by atoms with Gasteiger partial charge < -0.3 is 19.9 Å². The predicted octanol–water partition coefficient (Wildman–Crippen LogP) is 4.84. The highest BCUT2D eigenvalue weighted by Gasteiger charge is 2.44. The summed E-state index contributed by atoms with van der Waals surface area (Å²) in [4.78, 5) is 21.7. The number of nitrogens with zero attached hydrogens (tertiary/aromatic N) is 3. The molecule has 0 spiro atoms. The molecule has 0 aromatic heterocycles. The number of hydrogen-bond donors (Lipinski definition) is 2. The predicted molar refractivity (Wildman–Crippen MR) is 130 cm³/mol. The summed E-state index contributed by atoms with van der Waals surface area (Å²) < 4.78 is 0. The maximum Gasteiger partial charge on any atom is 0.278 e. The number of rotatable bonds is 9. The van der Waals surface area contributed by atoms with Crippen LogP contribution in [0.2, 0.25) is 0 Å². The van der Waals surface area contributed by atoms with Crippen molar-refractivity contribution in [3.8, 4) is 11.1 Å². The third-order valence-corrected chi connectivity index (χ3v) is 6.36. The zero-order valence-electron chi connectivity index (χ0n) is 20.3. The zero-order valence-corrected chi connectivity index (χ0v) is 20.3. The molecule has 2 aromatic rings. The van der Waals surface area contributed by atoms with E-state index in [4.69, 9.17) is 9.68 Å². The molecule has 1 aliphatic carbocycles. The Balaban J connectivity index is 2.26. The summed E-state index contributed by atoms with van der Waals surface area (Å²) in [6.07, 6.45) is -0.652. The molecule has 9 nitrogen and oxygen atoms in total. The summed E-state index contributed by atoms with van der Waals surface area (Å²) >= 11 is 0. The first kappa shape index (κ1) is 25.3. The number of hydrogen-bond acceptors (Lipinski definition) is 8. The fourth-order valence-electron chi connectivity index (χ4n) is 4.60. The zero-order chi connectivity index (χ0) is 25.2. The summed E-state index contributed by atoms with van der Waals surface area (Å²) in [6, 6.07) is 9.20. The molecule has 1 aliphatic rings. The van der Waals surface area contributed by atoms with Crippen molar-refractivity contribution in [1.29, 1.82) is 0 Å². The van der Waals surface area contributed by atoms with Gasteiger partial charge in [-0.25, -0.2) is 0 Å². The van der Waals surface area contributed by atoms with E-state index in [0.29, 0.717) is 22.6 Å². The van der Waals surface area contributed by atoms with Gasteiger partial charge in [0.1, 0.15) is 0 Å². The van der Waals surface area contributed by atoms with Crippen LogP contribution in [0.4, 0.5) is 5.69 Å². The molecule has 0 saturated heterocycles. The molecule has 9 heteroatoms. The van der Waals surface area contributed by atoms with Gasteiger partial charge in [-0.3, -0.25) is 10.1 Å². The van der Waals surface area contributed by atoms with Crippen LogP contribution >= 0.6 is 0 Å². The number of benzene rings is 2. The SMILES string of the molecule is CCC1(CC)c2cc(/C(C)=N/OC(C)O)ccc2-c2c([N+](=O)[O-])cc(/C(C)=N/OC(C)O)cc21. The van der Waals surface area contributed by atoms with Crippen LogP contribution in [0, 0.1) is 10.1 Å². The Morgan fingerprint density at radius 3 is 2.00 bits per heavy atom. The Hall–Kier alpha value is -3.30. The van der Waals surface area contributed by atoms with E-state index in [1.54, 1.807) is 13.8 Å². The Kier molecular flexibility index (Phi) is 7.38. The van der Waals surface area contributed by atoms with E-state index < -0.39 is 18.0 Å². The number of aliphatic hydroxyl groups is 2. The first-order valence-corrected chi connectivity index (χ1v) is 11.3. The number of aliphatic hydroxyl groups excluding tert-OH is 2. The lowest BCUT2D eigenvalue weighted by Crippen LogP contribution is -2.24. The molecule has 0 bridgehead atoms. The standard InChI is InChI=1S/C25H31N3O6/c1-7-25(8-2)21-11-18(14(3)26-33-16(5)29)9-10-20(21)24-22(25)12-19(13-23(24)28(31)32)15(4)27-34-17(6)30/h9-13,16-17,29-30H,7-8H2,1-6H3/b26-14+,27-15+. The number of nitro groups is 1. The van der Waals surface area contributed by atoms with E-state index >= 15 is 0 Å². The van der Waals surface area contributed by atoms with E-state index in [9.17, 15) is 20.3 Å². The van der Waals surface area contributed by atoms with Gasteiger partial charge in [0.2, 0.25) is 12.6 Å². The summed E-state index contributed by atoms with van der Waals surface area (Å²) in [5.41, 5.74) is 5.24. The molecule has 2 atom stereocenters. The molecule has 0 saturated carbocycles. The maximum absolute atomic E-state index is 12.2. The minimum absolute atomic E-state index is 0.000278. The van der Waals surface area contributed by atoms with Crippen LogP contribution < -0.4 is 0 Å². The molecule has 2 N–H and O–H groups in total. The van der Waals surface area contributed by atoms with Crippen LogP contribution in [-0.4, -0.2) is 39.1 Å². The molecular formula is C25H31N3O6. The van der Waals surface area contributed by atoms with Crippen LogP contribution in [0.25, 0.3) is 11.1 Å². The Bertz CT molecular complexity index is 1150. The summed E-state index contributed by atoms with van der Waals surface area (Å²) in [7, 11) is 0. The van der Waals surface area contributed by atoms with E-state index in [-0.39, 0.29) is 10.6 Å². The molecule has 34 heavy (non-hydrogen) atoms. The first-order chi connectivity index (χ1) is 16.0. The Labute approximate surface area is 198 Å². The molecule has 2 unspecified atom stereocenters. The fourth-order valence-corrected chi connectivity index (χ4v) is 4.60. The fraction of sp³-hybridized carbons (Fsp3) is 0.440. The third kappa shape index (κ3) is 4.53. The van der Waals surface area contributed by atoms with Gasteiger partial charge in [0.05, 0.1) is 21.9 Å². The van der Waals surface area contributed by atoms with Crippen molar-refractivity contribution in [1.82, 2.24) is 0 Å². The summed E-state index contributed by atoms with van der Waals surface area (Å²) in [5.74, 6) is 0. The highest BCUT2D eigenvalue weighted by Crippen LogP contribution is 2.56. The van der Waals surface area contributed by atoms with Crippen molar-refractivity contribution in [2.75, 3.05) is 0 Å². The minimum Gasteiger partial charge on any atom is -0.364 e. The average molecular weight is 470 g/mol. The van der Waals surface area contributed by atoms with Crippen molar-refractivity contribution in [2.45, 2.75) is 72.4 Å². The van der Waals surface area contributed by atoms with Gasteiger partial charge in [-0.2, -0.15) is 0 Å². The maximum atomic E-state index is 12.2. The molecule has 0 amide bonds. The molecule has 2 aromatic carbocycles. The van der Waals surface area contributed by atoms with Crippen molar-refractivity contribution in [3.63, 3.8) is 0 Å². The first-order valence-electron chi connectivity index (χ1n) is 11.3. The summed E-state index contributed by atoms with van der Waals surface area (Å²) in [5, 5.41) is 38.9. The van der Waals surface area contributed by atoms with Crippen LogP contribution in [0.15, 0.2) is 40.6 Å². The average Bonchev–Trinajstić information content (AvgIpc) is 3.09. The molecule has 0 fully saturated rings. The van der Waals surface area contributed by atoms with E-state index in [1.807, 2.05) is 24.3 Å². The molecule has 0 heterocycles. The van der Waals surface area contributed by atoms with Crippen LogP contribution in [0.5, 0.6) is 0 Å². The lowest BCUT2D eigenvalue weighted by Gasteiger charge is -2.30. The normalized spacial score (nSPS) is 16.5. The highest BCUT2D eigenvalue weighted by atomic mass is 16.7. The van der Waals surface area contributed by atoms with Crippen molar-refractivity contribution in [2.24, 2.45) is 10.3 Å². The smallest absolute Gasteiger partial charge is 0.278 e. The topological polar surface area (TPSA) is 127 Å². The van der Waals surface area contributed by atoms with Gasteiger partial charge >= 0.3 is 0 Å². The van der Waals surface area contributed by atoms with Gasteiger partial charge in [0.15, 0.2) is 0 Å². The number of fused-ring (bicyclic) bond motifs is 3. The lowest BCUT2D eigenvalue weighted by molar-refractivity contribution is -0.384. The second-order valence-corrected chi connectivity index (χ2v) is 8.49. The van der Waals surface area contributed by atoms with Crippen LogP contribution in [0.3, 0.4) is 0 Å². The second-order valence-electron chi connectivity index (χ2n) is 8.49. The monoisotopic (exact) mass is 469 g/mol. The molecule has 3 rings (SSSR count). The molecule has 0 aliphatic heterocycles. The van der Waals surface area contributed by atoms with E-state index in [0.717, 1.165) is 35.1 Å². The lowest BCUT2D eigenvalue weighted by atomic mass is 9.73. The van der Waals surface area contributed by atoms with Crippen molar-refractivity contribution >= 4 is 17.1 Å². The number of nitro benzene ring substituents is 1. The Morgan fingerprint density at radius 2 is 1.50 bits per heavy atom. The summed E-state index contributed by atoms with van der Waals surface area (Å²) in [6.45, 7) is 10.5.